The Labute approximate surface area is 159 Å². The summed E-state index contributed by atoms with van der Waals surface area (Å²) in [5.74, 6) is -1.78. The molecule has 2 amide bonds. The zero-order valence-corrected chi connectivity index (χ0v) is 15.6. The molecule has 130 valence electrons. The third-order valence-electron chi connectivity index (χ3n) is 4.07. The SMILES string of the molecule is C/C(=N/NC(=O)C1C(=O)NCC1c1ccccc1)c1cc(Cl)sc1Cl. The lowest BCUT2D eigenvalue weighted by molar-refractivity contribution is -0.133. The van der Waals surface area contributed by atoms with Gasteiger partial charge in [-0.25, -0.2) is 5.43 Å². The number of amides is 2. The summed E-state index contributed by atoms with van der Waals surface area (Å²) < 4.78 is 1.04. The lowest BCUT2D eigenvalue weighted by Gasteiger charge is -2.15. The van der Waals surface area contributed by atoms with Crippen molar-refractivity contribution in [2.24, 2.45) is 11.0 Å². The third-order valence-corrected chi connectivity index (χ3v) is 5.56. The average Bonchev–Trinajstić information content (AvgIpc) is 3.15. The maximum absolute atomic E-state index is 12.5. The number of carbonyl (C=O) groups is 2. The Morgan fingerprint density at radius 3 is 2.68 bits per heavy atom. The molecule has 0 saturated carbocycles. The van der Waals surface area contributed by atoms with Gasteiger partial charge < -0.3 is 5.32 Å². The van der Waals surface area contributed by atoms with Crippen LogP contribution in [0.4, 0.5) is 0 Å². The van der Waals surface area contributed by atoms with Crippen LogP contribution in [0.15, 0.2) is 41.5 Å². The molecule has 8 heteroatoms. The fourth-order valence-corrected chi connectivity index (χ4v) is 4.35. The zero-order chi connectivity index (χ0) is 18.0. The normalized spacial score (nSPS) is 20.4. The molecule has 3 rings (SSSR count). The maximum atomic E-state index is 12.5. The minimum Gasteiger partial charge on any atom is -0.355 e. The average molecular weight is 396 g/mol. The number of nitrogens with zero attached hydrogens (tertiary/aromatic N) is 1. The Balaban J connectivity index is 1.76. The highest BCUT2D eigenvalue weighted by Crippen LogP contribution is 2.32. The van der Waals surface area contributed by atoms with E-state index in [1.165, 1.54) is 11.3 Å². The lowest BCUT2D eigenvalue weighted by atomic mass is 9.88. The van der Waals surface area contributed by atoms with Crippen LogP contribution in [0.5, 0.6) is 0 Å². The van der Waals surface area contributed by atoms with E-state index in [1.54, 1.807) is 13.0 Å². The second kappa shape index (κ2) is 7.56. The molecule has 2 atom stereocenters. The number of hydrogen-bond donors (Lipinski definition) is 2. The Morgan fingerprint density at radius 1 is 1.32 bits per heavy atom. The topological polar surface area (TPSA) is 70.6 Å². The van der Waals surface area contributed by atoms with E-state index >= 15 is 0 Å². The quantitative estimate of drug-likeness (QED) is 0.472. The zero-order valence-electron chi connectivity index (χ0n) is 13.3. The predicted molar refractivity (Wildman–Crippen MR) is 100 cm³/mol. The number of halogens is 2. The van der Waals surface area contributed by atoms with Crippen LogP contribution in [0.3, 0.4) is 0 Å². The summed E-state index contributed by atoms with van der Waals surface area (Å²) in [4.78, 5) is 24.6. The van der Waals surface area contributed by atoms with Crippen molar-refractivity contribution in [1.29, 1.82) is 0 Å². The molecular weight excluding hydrogens is 381 g/mol. The monoisotopic (exact) mass is 395 g/mol. The van der Waals surface area contributed by atoms with Gasteiger partial charge in [0.2, 0.25) is 5.91 Å². The van der Waals surface area contributed by atoms with Gasteiger partial charge in [-0.3, -0.25) is 9.59 Å². The van der Waals surface area contributed by atoms with Crippen molar-refractivity contribution in [3.05, 3.63) is 56.2 Å². The van der Waals surface area contributed by atoms with Crippen LogP contribution in [0.25, 0.3) is 0 Å². The van der Waals surface area contributed by atoms with Crippen molar-refractivity contribution in [1.82, 2.24) is 10.7 Å². The van der Waals surface area contributed by atoms with Gasteiger partial charge in [0.1, 0.15) is 10.3 Å². The van der Waals surface area contributed by atoms with Crippen LogP contribution in [0.1, 0.15) is 24.0 Å². The lowest BCUT2D eigenvalue weighted by Crippen LogP contribution is -2.35. The minimum atomic E-state index is -0.819. The van der Waals surface area contributed by atoms with Crippen LogP contribution < -0.4 is 10.7 Å². The Morgan fingerprint density at radius 2 is 2.04 bits per heavy atom. The summed E-state index contributed by atoms with van der Waals surface area (Å²) >= 11 is 13.2. The van der Waals surface area contributed by atoms with E-state index in [0.717, 1.165) is 5.56 Å². The van der Waals surface area contributed by atoms with Gasteiger partial charge in [0, 0.05) is 18.0 Å². The first-order valence-corrected chi connectivity index (χ1v) is 9.16. The summed E-state index contributed by atoms with van der Waals surface area (Å²) in [6, 6.07) is 11.2. The van der Waals surface area contributed by atoms with E-state index < -0.39 is 11.8 Å². The highest BCUT2D eigenvalue weighted by molar-refractivity contribution is 7.20. The molecule has 0 aliphatic carbocycles. The first-order valence-electron chi connectivity index (χ1n) is 7.59. The van der Waals surface area contributed by atoms with Gasteiger partial charge in [-0.2, -0.15) is 5.10 Å². The van der Waals surface area contributed by atoms with Gasteiger partial charge in [0.25, 0.3) is 5.91 Å². The van der Waals surface area contributed by atoms with E-state index in [2.05, 4.69) is 15.8 Å². The van der Waals surface area contributed by atoms with Crippen LogP contribution >= 0.6 is 34.5 Å². The standard InChI is InChI=1S/C17H15Cl2N3O2S/c1-9(11-7-13(18)25-15(11)19)21-22-17(24)14-12(8-20-16(14)23)10-5-3-2-4-6-10/h2-7,12,14H,8H2,1H3,(H,20,23)(H,22,24)/b21-9-. The Hall–Kier alpha value is -1.89. The molecule has 1 aliphatic rings. The van der Waals surface area contributed by atoms with Gasteiger partial charge >= 0.3 is 0 Å². The number of nitrogens with one attached hydrogen (secondary N) is 2. The molecule has 1 aromatic carbocycles. The van der Waals surface area contributed by atoms with Crippen LogP contribution in [-0.2, 0) is 9.59 Å². The fraction of sp³-hybridized carbons (Fsp3) is 0.235. The molecule has 2 N–H and O–H groups in total. The highest BCUT2D eigenvalue weighted by Gasteiger charge is 2.41. The van der Waals surface area contributed by atoms with Crippen molar-refractivity contribution >= 4 is 52.1 Å². The molecule has 2 unspecified atom stereocenters. The summed E-state index contributed by atoms with van der Waals surface area (Å²) in [6.45, 7) is 2.14. The number of thiophene rings is 1. The number of hydrazone groups is 1. The van der Waals surface area contributed by atoms with E-state index in [4.69, 9.17) is 23.2 Å². The van der Waals surface area contributed by atoms with Gasteiger partial charge in [-0.15, -0.1) is 11.3 Å². The van der Waals surface area contributed by atoms with Crippen LogP contribution in [0.2, 0.25) is 8.67 Å². The summed E-state index contributed by atoms with van der Waals surface area (Å²) in [5, 5.41) is 6.82. The number of hydrogen-bond acceptors (Lipinski definition) is 4. The summed E-state index contributed by atoms with van der Waals surface area (Å²) in [7, 11) is 0. The number of rotatable bonds is 4. The van der Waals surface area contributed by atoms with Gasteiger partial charge in [0.15, 0.2) is 0 Å². The van der Waals surface area contributed by atoms with Gasteiger partial charge in [-0.1, -0.05) is 53.5 Å². The second-order valence-electron chi connectivity index (χ2n) is 5.65. The van der Waals surface area contributed by atoms with Gasteiger partial charge in [-0.05, 0) is 18.6 Å². The van der Waals surface area contributed by atoms with E-state index in [9.17, 15) is 9.59 Å². The molecular formula is C17H15Cl2N3O2S. The maximum Gasteiger partial charge on any atom is 0.253 e. The molecule has 25 heavy (non-hydrogen) atoms. The third kappa shape index (κ3) is 3.86. The molecule has 2 heterocycles. The first-order chi connectivity index (χ1) is 12.0. The molecule has 0 spiro atoms. The molecule has 2 aromatic rings. The first kappa shape index (κ1) is 17.9. The Bertz CT molecular complexity index is 836. The Kier molecular flexibility index (Phi) is 5.42. The van der Waals surface area contributed by atoms with Crippen LogP contribution in [-0.4, -0.2) is 24.1 Å². The minimum absolute atomic E-state index is 0.219. The smallest absolute Gasteiger partial charge is 0.253 e. The summed E-state index contributed by atoms with van der Waals surface area (Å²) in [6.07, 6.45) is 0. The molecule has 0 radical (unpaired) electrons. The molecule has 1 fully saturated rings. The van der Waals surface area contributed by atoms with Crippen molar-refractivity contribution < 1.29 is 9.59 Å². The van der Waals surface area contributed by atoms with Crippen molar-refractivity contribution in [2.45, 2.75) is 12.8 Å². The van der Waals surface area contributed by atoms with Gasteiger partial charge in [0.05, 0.1) is 10.0 Å². The molecule has 1 saturated heterocycles. The van der Waals surface area contributed by atoms with E-state index in [-0.39, 0.29) is 11.8 Å². The molecule has 5 nitrogen and oxygen atoms in total. The predicted octanol–water partition coefficient (Wildman–Crippen LogP) is 3.42. The molecule has 1 aromatic heterocycles. The molecule has 1 aliphatic heterocycles. The fourth-order valence-electron chi connectivity index (χ4n) is 2.79. The largest absolute Gasteiger partial charge is 0.355 e. The number of benzene rings is 1. The summed E-state index contributed by atoms with van der Waals surface area (Å²) in [5.41, 5.74) is 4.60. The second-order valence-corrected chi connectivity index (χ2v) is 7.94. The molecule has 0 bridgehead atoms. The van der Waals surface area contributed by atoms with Crippen LogP contribution in [0, 0.1) is 5.92 Å². The van der Waals surface area contributed by atoms with E-state index in [0.29, 0.717) is 26.5 Å². The highest BCUT2D eigenvalue weighted by atomic mass is 35.5. The van der Waals surface area contributed by atoms with E-state index in [1.807, 2.05) is 30.3 Å². The van der Waals surface area contributed by atoms with Crippen molar-refractivity contribution in [3.8, 4) is 0 Å². The van der Waals surface area contributed by atoms with Crippen molar-refractivity contribution in [2.75, 3.05) is 6.54 Å². The van der Waals surface area contributed by atoms with Crippen molar-refractivity contribution in [3.63, 3.8) is 0 Å². The number of carbonyl (C=O) groups excluding carboxylic acids is 2.